The molecule has 40 heavy (non-hydrogen) atoms. The molecule has 3 aliphatic rings. The number of carbonyl (C=O) groups is 2. The number of piperidine rings is 1. The minimum absolute atomic E-state index is 0.0314. The van der Waals surface area contributed by atoms with Crippen LogP contribution in [0.2, 0.25) is 0 Å². The third-order valence-electron chi connectivity index (χ3n) is 8.34. The molecule has 1 aliphatic carbocycles. The first-order chi connectivity index (χ1) is 19.5. The van der Waals surface area contributed by atoms with Gasteiger partial charge in [-0.3, -0.25) is 19.6 Å². The third-order valence-corrected chi connectivity index (χ3v) is 8.34. The molecule has 4 N–H and O–H groups in total. The summed E-state index contributed by atoms with van der Waals surface area (Å²) >= 11 is 0. The summed E-state index contributed by atoms with van der Waals surface area (Å²) < 4.78 is 6.09. The molecule has 0 radical (unpaired) electrons. The molecule has 1 amide bonds. The Bertz CT molecular complexity index is 1340. The second-order valence-corrected chi connectivity index (χ2v) is 10.8. The van der Waals surface area contributed by atoms with Crippen molar-refractivity contribution in [2.75, 3.05) is 44.8 Å². The summed E-state index contributed by atoms with van der Waals surface area (Å²) in [6.45, 7) is 10.3. The van der Waals surface area contributed by atoms with E-state index in [2.05, 4.69) is 51.2 Å². The maximum Gasteiger partial charge on any atom is 0.204 e. The summed E-state index contributed by atoms with van der Waals surface area (Å²) in [6.07, 6.45) is 6.45. The van der Waals surface area contributed by atoms with Crippen molar-refractivity contribution in [3.05, 3.63) is 53.1 Å². The van der Waals surface area contributed by atoms with Gasteiger partial charge in [0, 0.05) is 30.8 Å². The molecule has 0 spiro atoms. The highest BCUT2D eigenvalue weighted by molar-refractivity contribution is 6.26. The van der Waals surface area contributed by atoms with Crippen LogP contribution in [0, 0.1) is 12.8 Å². The summed E-state index contributed by atoms with van der Waals surface area (Å²) in [7, 11) is 0. The number of primary amides is 1. The van der Waals surface area contributed by atoms with Crippen LogP contribution in [0.4, 0.5) is 5.69 Å². The highest BCUT2D eigenvalue weighted by Gasteiger charge is 2.35. The molecule has 0 saturated carbocycles. The van der Waals surface area contributed by atoms with Crippen LogP contribution in [-0.4, -0.2) is 71.6 Å². The molecule has 9 nitrogen and oxygen atoms in total. The van der Waals surface area contributed by atoms with Gasteiger partial charge in [-0.2, -0.15) is 5.10 Å². The number of nitrogens with two attached hydrogens (primary N) is 1. The number of H-pyrrole nitrogens is 1. The molecule has 0 unspecified atom stereocenters. The fourth-order valence-electron chi connectivity index (χ4n) is 6.06. The third kappa shape index (κ3) is 5.76. The van der Waals surface area contributed by atoms with Gasteiger partial charge in [0.15, 0.2) is 5.78 Å². The Morgan fingerprint density at radius 3 is 2.58 bits per heavy atom. The Kier molecular flexibility index (Phi) is 8.81. The molecule has 1 aromatic heterocycles. The minimum Gasteiger partial charge on any atom is -0.492 e. The van der Waals surface area contributed by atoms with Crippen molar-refractivity contribution in [3.8, 4) is 28.3 Å². The van der Waals surface area contributed by atoms with Crippen LogP contribution in [-0.2, 0) is 4.79 Å². The molecule has 2 saturated heterocycles. The second-order valence-electron chi connectivity index (χ2n) is 10.8. The summed E-state index contributed by atoms with van der Waals surface area (Å²) in [6, 6.07) is 12.1. The SMILES string of the molecule is CCC1CCN(Nc2cccc3c2C(=O)c2c(-c4ccc(OCCN5CCCC5)c(C)c4)n[nH]c2-3)CC1.NC=O. The van der Waals surface area contributed by atoms with Gasteiger partial charge in [-0.25, -0.2) is 5.01 Å². The van der Waals surface area contributed by atoms with Crippen LogP contribution in [0.3, 0.4) is 0 Å². The number of ketones is 1. The van der Waals surface area contributed by atoms with Crippen LogP contribution in [0.1, 0.15) is 60.5 Å². The largest absolute Gasteiger partial charge is 0.492 e. The smallest absolute Gasteiger partial charge is 0.204 e. The lowest BCUT2D eigenvalue weighted by molar-refractivity contribution is -0.106. The summed E-state index contributed by atoms with van der Waals surface area (Å²) in [5.41, 5.74) is 14.4. The number of carbonyl (C=O) groups excluding carboxylic acids is 2. The van der Waals surface area contributed by atoms with Crippen molar-refractivity contribution >= 4 is 17.9 Å². The van der Waals surface area contributed by atoms with E-state index in [0.717, 1.165) is 64.9 Å². The van der Waals surface area contributed by atoms with E-state index >= 15 is 0 Å². The maximum absolute atomic E-state index is 13.8. The predicted octanol–water partition coefficient (Wildman–Crippen LogP) is 4.62. The average molecular weight is 545 g/mol. The number of nitrogens with one attached hydrogen (secondary N) is 2. The van der Waals surface area contributed by atoms with E-state index in [-0.39, 0.29) is 12.2 Å². The monoisotopic (exact) mass is 544 g/mol. The van der Waals surface area contributed by atoms with E-state index in [1.807, 2.05) is 30.3 Å². The Morgan fingerprint density at radius 1 is 1.12 bits per heavy atom. The number of likely N-dealkylation sites (tertiary alicyclic amines) is 1. The first-order valence-electron chi connectivity index (χ1n) is 14.4. The zero-order valence-electron chi connectivity index (χ0n) is 23.5. The van der Waals surface area contributed by atoms with Gasteiger partial charge < -0.3 is 15.9 Å². The van der Waals surface area contributed by atoms with Crippen molar-refractivity contribution in [2.45, 2.75) is 46.0 Å². The number of aromatic amines is 1. The molecule has 9 heteroatoms. The zero-order valence-corrected chi connectivity index (χ0v) is 23.5. The number of ether oxygens (including phenoxy) is 1. The fraction of sp³-hybridized carbons (Fsp3) is 0.452. The van der Waals surface area contributed by atoms with Crippen LogP contribution >= 0.6 is 0 Å². The van der Waals surface area contributed by atoms with Crippen LogP contribution in [0.25, 0.3) is 22.5 Å². The molecule has 6 rings (SSSR count). The number of hydrogen-bond acceptors (Lipinski definition) is 7. The number of aromatic nitrogens is 2. The predicted molar refractivity (Wildman–Crippen MR) is 157 cm³/mol. The maximum atomic E-state index is 13.8. The van der Waals surface area contributed by atoms with Crippen LogP contribution in [0.15, 0.2) is 36.4 Å². The van der Waals surface area contributed by atoms with E-state index < -0.39 is 0 Å². The molecule has 212 valence electrons. The number of hydrogen-bond donors (Lipinski definition) is 3. The summed E-state index contributed by atoms with van der Waals surface area (Å²) in [5, 5.41) is 10.0. The number of anilines is 1. The van der Waals surface area contributed by atoms with Crippen LogP contribution < -0.4 is 15.9 Å². The average Bonchev–Trinajstić information content (AvgIpc) is 3.70. The molecule has 2 fully saturated rings. The van der Waals surface area contributed by atoms with Gasteiger partial charge in [-0.1, -0.05) is 25.5 Å². The van der Waals surface area contributed by atoms with Crippen molar-refractivity contribution < 1.29 is 14.3 Å². The number of benzene rings is 2. The minimum atomic E-state index is 0.0314. The van der Waals surface area contributed by atoms with Crippen molar-refractivity contribution in [2.24, 2.45) is 11.7 Å². The van der Waals surface area contributed by atoms with Gasteiger partial charge in [0.05, 0.1) is 22.5 Å². The summed E-state index contributed by atoms with van der Waals surface area (Å²) in [4.78, 5) is 24.8. The second kappa shape index (κ2) is 12.7. The van der Waals surface area contributed by atoms with Gasteiger partial charge in [0.25, 0.3) is 0 Å². The normalized spacial score (nSPS) is 17.2. The molecule has 2 aliphatic heterocycles. The number of hydrazine groups is 1. The Hall–Kier alpha value is -3.69. The molecule has 3 heterocycles. The number of fused-ring (bicyclic) bond motifs is 3. The first-order valence-corrected chi connectivity index (χ1v) is 14.4. The van der Waals surface area contributed by atoms with Gasteiger partial charge in [0.1, 0.15) is 18.1 Å². The molecular formula is C31H40N6O3. The zero-order chi connectivity index (χ0) is 28.1. The van der Waals surface area contributed by atoms with Gasteiger partial charge >= 0.3 is 0 Å². The Morgan fingerprint density at radius 2 is 1.88 bits per heavy atom. The lowest BCUT2D eigenvalue weighted by Crippen LogP contribution is -2.38. The molecule has 0 atom stereocenters. The van der Waals surface area contributed by atoms with Gasteiger partial charge in [-0.05, 0) is 81.4 Å². The first kappa shape index (κ1) is 27.9. The van der Waals surface area contributed by atoms with E-state index in [1.54, 1.807) is 0 Å². The molecule has 2 aromatic carbocycles. The Labute approximate surface area is 236 Å². The summed E-state index contributed by atoms with van der Waals surface area (Å²) in [5.74, 6) is 1.73. The lowest BCUT2D eigenvalue weighted by Gasteiger charge is -2.32. The standard InChI is InChI=1S/C30H37N5O2.CH3NO/c1-3-21-11-15-35(16-12-21)33-24-8-6-7-23-26(24)30(36)27-28(31-32-29(23)27)22-9-10-25(20(2)19-22)37-18-17-34-13-4-5-14-34;2-1-3/h6-10,19,21,33H,3-5,11-18H2,1-2H3,(H,31,32);1H,(H2,2,3). The van der Waals surface area contributed by atoms with Crippen molar-refractivity contribution in [1.29, 1.82) is 0 Å². The number of nitrogens with zero attached hydrogens (tertiary/aromatic N) is 3. The van der Waals surface area contributed by atoms with Crippen LogP contribution in [0.5, 0.6) is 5.75 Å². The molecule has 0 bridgehead atoms. The highest BCUT2D eigenvalue weighted by atomic mass is 16.5. The molecular weight excluding hydrogens is 504 g/mol. The van der Waals surface area contributed by atoms with E-state index in [1.165, 1.54) is 45.2 Å². The number of rotatable bonds is 8. The van der Waals surface area contributed by atoms with Gasteiger partial charge in [0.2, 0.25) is 6.41 Å². The van der Waals surface area contributed by atoms with E-state index in [4.69, 9.17) is 9.53 Å². The Balaban J connectivity index is 0.00000103. The fourth-order valence-corrected chi connectivity index (χ4v) is 6.06. The quantitative estimate of drug-likeness (QED) is 0.277. The number of amides is 1. The van der Waals surface area contributed by atoms with Crippen molar-refractivity contribution in [1.82, 2.24) is 20.1 Å². The van der Waals surface area contributed by atoms with Gasteiger partial charge in [-0.15, -0.1) is 0 Å². The van der Waals surface area contributed by atoms with E-state index in [0.29, 0.717) is 17.9 Å². The lowest BCUT2D eigenvalue weighted by atomic mass is 9.95. The number of aryl methyl sites for hydroxylation is 1. The molecule has 3 aromatic rings. The van der Waals surface area contributed by atoms with E-state index in [9.17, 15) is 4.79 Å². The highest BCUT2D eigenvalue weighted by Crippen LogP contribution is 2.43. The topological polar surface area (TPSA) is 117 Å². The van der Waals surface area contributed by atoms with Crippen molar-refractivity contribution in [3.63, 3.8) is 0 Å².